The van der Waals surface area contributed by atoms with Crippen LogP contribution in [0.25, 0.3) is 5.69 Å². The van der Waals surface area contributed by atoms with Crippen molar-refractivity contribution in [1.82, 2.24) is 19.6 Å². The second-order valence-electron chi connectivity index (χ2n) is 6.77. The van der Waals surface area contributed by atoms with Crippen LogP contribution in [-0.4, -0.2) is 62.4 Å². The van der Waals surface area contributed by atoms with Crippen LogP contribution in [0.4, 0.5) is 4.79 Å². The third-order valence-electron chi connectivity index (χ3n) is 5.22. The van der Waals surface area contributed by atoms with E-state index in [2.05, 4.69) is 5.10 Å². The Kier molecular flexibility index (Phi) is 3.71. The van der Waals surface area contributed by atoms with Gasteiger partial charge in [0, 0.05) is 37.9 Å². The molecule has 0 aliphatic carbocycles. The van der Waals surface area contributed by atoms with Gasteiger partial charge in [-0.25, -0.2) is 9.48 Å². The lowest BCUT2D eigenvalue weighted by atomic mass is 9.82. The first-order valence-corrected chi connectivity index (χ1v) is 8.44. The van der Waals surface area contributed by atoms with Crippen molar-refractivity contribution < 1.29 is 14.7 Å². The van der Waals surface area contributed by atoms with Crippen LogP contribution in [0, 0.1) is 12.8 Å². The van der Waals surface area contributed by atoms with E-state index < -0.39 is 6.09 Å². The summed E-state index contributed by atoms with van der Waals surface area (Å²) in [7, 11) is 0. The maximum atomic E-state index is 13.1. The van der Waals surface area contributed by atoms with Gasteiger partial charge in [-0.1, -0.05) is 11.6 Å². The number of piperidine rings is 1. The summed E-state index contributed by atoms with van der Waals surface area (Å²) in [5.41, 5.74) is 2.35. The standard InChI is InChI=1S/C18H20N4O3/c1-12-3-4-15(22-7-2-6-19-22)14(9-12)17(23)20-8-5-13-10-21(18(24)25)16(13)11-20/h2-4,6-7,9,13,16H,5,8,10-11H2,1H3,(H,24,25). The summed E-state index contributed by atoms with van der Waals surface area (Å²) >= 11 is 0. The van der Waals surface area contributed by atoms with Crippen LogP contribution in [-0.2, 0) is 0 Å². The molecule has 0 saturated carbocycles. The van der Waals surface area contributed by atoms with Crippen LogP contribution in [0.1, 0.15) is 22.3 Å². The molecular weight excluding hydrogens is 320 g/mol. The highest BCUT2D eigenvalue weighted by molar-refractivity contribution is 5.98. The van der Waals surface area contributed by atoms with Gasteiger partial charge in [0.1, 0.15) is 0 Å². The number of benzene rings is 1. The zero-order valence-electron chi connectivity index (χ0n) is 14.0. The second-order valence-corrected chi connectivity index (χ2v) is 6.77. The molecule has 2 unspecified atom stereocenters. The molecule has 4 rings (SSSR count). The minimum atomic E-state index is -0.900. The molecule has 1 aromatic heterocycles. The number of likely N-dealkylation sites (tertiary alicyclic amines) is 2. The summed E-state index contributed by atoms with van der Waals surface area (Å²) in [5.74, 6) is 0.313. The van der Waals surface area contributed by atoms with Crippen molar-refractivity contribution in [3.63, 3.8) is 0 Å². The monoisotopic (exact) mass is 340 g/mol. The van der Waals surface area contributed by atoms with E-state index in [0.29, 0.717) is 31.1 Å². The van der Waals surface area contributed by atoms with Crippen LogP contribution in [0.3, 0.4) is 0 Å². The fraction of sp³-hybridized carbons (Fsp3) is 0.389. The smallest absolute Gasteiger partial charge is 0.407 e. The van der Waals surface area contributed by atoms with E-state index in [0.717, 1.165) is 17.7 Å². The molecule has 0 radical (unpaired) electrons. The first kappa shape index (κ1) is 15.7. The van der Waals surface area contributed by atoms with Gasteiger partial charge in [0.05, 0.1) is 17.3 Å². The third-order valence-corrected chi connectivity index (χ3v) is 5.22. The number of rotatable bonds is 2. The predicted octanol–water partition coefficient (Wildman–Crippen LogP) is 2.01. The maximum Gasteiger partial charge on any atom is 0.407 e. The van der Waals surface area contributed by atoms with Gasteiger partial charge in [0.15, 0.2) is 0 Å². The lowest BCUT2D eigenvalue weighted by Gasteiger charge is -2.52. The highest BCUT2D eigenvalue weighted by Crippen LogP contribution is 2.33. The topological polar surface area (TPSA) is 78.7 Å². The van der Waals surface area contributed by atoms with E-state index in [1.165, 1.54) is 4.90 Å². The number of carboxylic acid groups (broad SMARTS) is 1. The van der Waals surface area contributed by atoms with Gasteiger partial charge in [-0.3, -0.25) is 4.79 Å². The van der Waals surface area contributed by atoms with Crippen LogP contribution in [0.15, 0.2) is 36.7 Å². The van der Waals surface area contributed by atoms with Crippen LogP contribution in [0.2, 0.25) is 0 Å². The van der Waals surface area contributed by atoms with Gasteiger partial charge in [0.2, 0.25) is 0 Å². The van der Waals surface area contributed by atoms with Crippen LogP contribution < -0.4 is 0 Å². The Balaban J connectivity index is 1.61. The van der Waals surface area contributed by atoms with Crippen LogP contribution >= 0.6 is 0 Å². The normalized spacial score (nSPS) is 22.3. The molecule has 2 atom stereocenters. The highest BCUT2D eigenvalue weighted by Gasteiger charge is 2.46. The van der Waals surface area contributed by atoms with Crippen molar-refractivity contribution in [1.29, 1.82) is 0 Å². The molecule has 2 aliphatic heterocycles. The van der Waals surface area contributed by atoms with Crippen molar-refractivity contribution >= 4 is 12.0 Å². The van der Waals surface area contributed by atoms with Crippen molar-refractivity contribution in [2.45, 2.75) is 19.4 Å². The average molecular weight is 340 g/mol. The molecule has 7 nitrogen and oxygen atoms in total. The molecule has 2 amide bonds. The minimum Gasteiger partial charge on any atom is -0.465 e. The number of hydrogen-bond acceptors (Lipinski definition) is 3. The highest BCUT2D eigenvalue weighted by atomic mass is 16.4. The zero-order chi connectivity index (χ0) is 17.6. The largest absolute Gasteiger partial charge is 0.465 e. The molecule has 1 aromatic carbocycles. The van der Waals surface area contributed by atoms with Gasteiger partial charge in [0.25, 0.3) is 5.91 Å². The van der Waals surface area contributed by atoms with E-state index in [1.807, 2.05) is 37.4 Å². The number of carbonyl (C=O) groups excluding carboxylic acids is 1. The second kappa shape index (κ2) is 5.91. The first-order chi connectivity index (χ1) is 12.0. The zero-order valence-corrected chi connectivity index (χ0v) is 14.0. The molecule has 2 saturated heterocycles. The predicted molar refractivity (Wildman–Crippen MR) is 90.8 cm³/mol. The van der Waals surface area contributed by atoms with Gasteiger partial charge < -0.3 is 14.9 Å². The first-order valence-electron chi connectivity index (χ1n) is 8.44. The molecule has 7 heteroatoms. The molecule has 2 fully saturated rings. The van der Waals surface area contributed by atoms with Crippen molar-refractivity contribution in [2.75, 3.05) is 19.6 Å². The Morgan fingerprint density at radius 2 is 2.12 bits per heavy atom. The van der Waals surface area contributed by atoms with Gasteiger partial charge >= 0.3 is 6.09 Å². The number of amides is 2. The molecule has 2 aromatic rings. The Labute approximate surface area is 145 Å². The quantitative estimate of drug-likeness (QED) is 0.907. The number of nitrogens with zero attached hydrogens (tertiary/aromatic N) is 4. The number of aryl methyl sites for hydroxylation is 1. The number of aromatic nitrogens is 2. The summed E-state index contributed by atoms with van der Waals surface area (Å²) in [6.07, 6.45) is 3.44. The van der Waals surface area contributed by atoms with E-state index >= 15 is 0 Å². The molecule has 2 aliphatic rings. The molecule has 3 heterocycles. The fourth-order valence-corrected chi connectivity index (χ4v) is 3.80. The van der Waals surface area contributed by atoms with E-state index in [9.17, 15) is 14.7 Å². The summed E-state index contributed by atoms with van der Waals surface area (Å²) in [4.78, 5) is 27.6. The molecule has 0 spiro atoms. The van der Waals surface area contributed by atoms with Gasteiger partial charge in [-0.15, -0.1) is 0 Å². The van der Waals surface area contributed by atoms with E-state index in [4.69, 9.17) is 0 Å². The summed E-state index contributed by atoms with van der Waals surface area (Å²) in [5, 5.41) is 13.5. The number of carbonyl (C=O) groups is 2. The molecule has 1 N–H and O–H groups in total. The van der Waals surface area contributed by atoms with E-state index in [-0.39, 0.29) is 11.9 Å². The number of hydrogen-bond donors (Lipinski definition) is 1. The molecule has 0 bridgehead atoms. The Hall–Kier alpha value is -2.83. The molecular formula is C18H20N4O3. The van der Waals surface area contributed by atoms with Gasteiger partial charge in [-0.2, -0.15) is 5.10 Å². The maximum absolute atomic E-state index is 13.1. The minimum absolute atomic E-state index is 0.0649. The Bertz CT molecular complexity index is 818. The summed E-state index contributed by atoms with van der Waals surface area (Å²) < 4.78 is 1.69. The molecule has 25 heavy (non-hydrogen) atoms. The Morgan fingerprint density at radius 3 is 2.84 bits per heavy atom. The SMILES string of the molecule is Cc1ccc(-n2cccn2)c(C(=O)N2CCC3CN(C(=O)O)C3C2)c1. The van der Waals surface area contributed by atoms with Crippen LogP contribution in [0.5, 0.6) is 0 Å². The van der Waals surface area contributed by atoms with Crippen molar-refractivity contribution in [2.24, 2.45) is 5.92 Å². The van der Waals surface area contributed by atoms with E-state index in [1.54, 1.807) is 15.8 Å². The average Bonchev–Trinajstić information content (AvgIpc) is 3.09. The van der Waals surface area contributed by atoms with Gasteiger partial charge in [-0.05, 0) is 31.5 Å². The molecule has 130 valence electrons. The fourth-order valence-electron chi connectivity index (χ4n) is 3.80. The third kappa shape index (κ3) is 2.65. The number of fused-ring (bicyclic) bond motifs is 1. The summed E-state index contributed by atoms with van der Waals surface area (Å²) in [6.45, 7) is 3.67. The Morgan fingerprint density at radius 1 is 1.28 bits per heavy atom. The lowest BCUT2D eigenvalue weighted by molar-refractivity contribution is -0.0242. The summed E-state index contributed by atoms with van der Waals surface area (Å²) in [6, 6.07) is 7.47. The van der Waals surface area contributed by atoms with Crippen molar-refractivity contribution in [3.05, 3.63) is 47.8 Å². The van der Waals surface area contributed by atoms with Crippen molar-refractivity contribution in [3.8, 4) is 5.69 Å². The lowest BCUT2D eigenvalue weighted by Crippen LogP contribution is -2.66.